The molecular formula is C18H27N3O3. The van der Waals surface area contributed by atoms with Gasteiger partial charge in [-0.15, -0.1) is 0 Å². The van der Waals surface area contributed by atoms with Crippen molar-refractivity contribution in [1.82, 2.24) is 10.6 Å². The number of anilines is 1. The van der Waals surface area contributed by atoms with Crippen LogP contribution in [0.15, 0.2) is 24.3 Å². The molecule has 1 aromatic rings. The summed E-state index contributed by atoms with van der Waals surface area (Å²) in [5.41, 5.74) is 1.63. The second kappa shape index (κ2) is 9.93. The van der Waals surface area contributed by atoms with E-state index in [4.69, 9.17) is 4.74 Å². The number of amides is 3. The number of carbonyl (C=O) groups is 2. The summed E-state index contributed by atoms with van der Waals surface area (Å²) < 4.78 is 5.39. The predicted octanol–water partition coefficient (Wildman–Crippen LogP) is 2.79. The number of ether oxygens (including phenoxy) is 1. The quantitative estimate of drug-likeness (QED) is 0.718. The van der Waals surface area contributed by atoms with E-state index >= 15 is 0 Å². The highest BCUT2D eigenvalue weighted by Crippen LogP contribution is 2.17. The first-order valence-corrected chi connectivity index (χ1v) is 8.69. The number of nitrogens with one attached hydrogen (secondary N) is 3. The van der Waals surface area contributed by atoms with Crippen LogP contribution in [0.3, 0.4) is 0 Å². The lowest BCUT2D eigenvalue weighted by Crippen LogP contribution is -2.45. The van der Waals surface area contributed by atoms with Crippen molar-refractivity contribution in [3.63, 3.8) is 0 Å². The van der Waals surface area contributed by atoms with E-state index in [0.29, 0.717) is 18.9 Å². The molecule has 0 aliphatic heterocycles. The zero-order valence-corrected chi connectivity index (χ0v) is 14.3. The molecule has 1 aliphatic rings. The Kier molecular flexibility index (Phi) is 7.55. The van der Waals surface area contributed by atoms with Crippen molar-refractivity contribution in [1.29, 1.82) is 0 Å². The number of rotatable bonds is 7. The number of benzene rings is 1. The van der Waals surface area contributed by atoms with Crippen LogP contribution in [0.1, 0.15) is 44.6 Å². The summed E-state index contributed by atoms with van der Waals surface area (Å²) in [6.45, 7) is 2.94. The average Bonchev–Trinajstić information content (AvgIpc) is 2.60. The minimum Gasteiger partial charge on any atom is -0.377 e. The van der Waals surface area contributed by atoms with E-state index in [2.05, 4.69) is 16.0 Å². The molecule has 0 aromatic heterocycles. The van der Waals surface area contributed by atoms with Gasteiger partial charge in [0.15, 0.2) is 0 Å². The van der Waals surface area contributed by atoms with Gasteiger partial charge in [0.25, 0.3) is 0 Å². The fourth-order valence-corrected chi connectivity index (χ4v) is 2.82. The molecule has 0 spiro atoms. The highest BCUT2D eigenvalue weighted by molar-refractivity contribution is 5.94. The molecule has 1 aliphatic carbocycles. The van der Waals surface area contributed by atoms with Gasteiger partial charge in [-0.1, -0.05) is 37.5 Å². The summed E-state index contributed by atoms with van der Waals surface area (Å²) in [7, 11) is 0. The molecule has 132 valence electrons. The molecule has 3 amide bonds. The first-order chi connectivity index (χ1) is 11.7. The van der Waals surface area contributed by atoms with Gasteiger partial charge in [0.05, 0.1) is 13.2 Å². The van der Waals surface area contributed by atoms with Crippen molar-refractivity contribution in [3.05, 3.63) is 29.8 Å². The molecule has 0 radical (unpaired) electrons. The van der Waals surface area contributed by atoms with E-state index in [-0.39, 0.29) is 24.5 Å². The minimum absolute atomic E-state index is 0.0540. The molecule has 1 fully saturated rings. The largest absolute Gasteiger partial charge is 0.377 e. The first-order valence-electron chi connectivity index (χ1n) is 8.69. The third-order valence-electron chi connectivity index (χ3n) is 4.10. The molecule has 2 rings (SSSR count). The summed E-state index contributed by atoms with van der Waals surface area (Å²) in [6.07, 6.45) is 5.59. The van der Waals surface area contributed by atoms with Crippen LogP contribution in [-0.2, 0) is 16.1 Å². The monoisotopic (exact) mass is 333 g/mol. The Balaban J connectivity index is 1.75. The van der Waals surface area contributed by atoms with E-state index < -0.39 is 0 Å². The van der Waals surface area contributed by atoms with Gasteiger partial charge in [-0.05, 0) is 25.8 Å². The van der Waals surface area contributed by atoms with Crippen molar-refractivity contribution in [2.75, 3.05) is 18.5 Å². The molecule has 0 atom stereocenters. The normalized spacial score (nSPS) is 14.9. The molecule has 1 aromatic carbocycles. The average molecular weight is 333 g/mol. The third-order valence-corrected chi connectivity index (χ3v) is 4.10. The number of hydrogen-bond donors (Lipinski definition) is 3. The van der Waals surface area contributed by atoms with Gasteiger partial charge in [-0.2, -0.15) is 0 Å². The van der Waals surface area contributed by atoms with Crippen molar-refractivity contribution in [3.8, 4) is 0 Å². The molecule has 3 N–H and O–H groups in total. The van der Waals surface area contributed by atoms with E-state index in [1.54, 1.807) is 0 Å². The summed E-state index contributed by atoms with van der Waals surface area (Å²) in [5.74, 6) is -0.252. The lowest BCUT2D eigenvalue weighted by molar-refractivity contribution is -0.115. The maximum Gasteiger partial charge on any atom is 0.315 e. The van der Waals surface area contributed by atoms with E-state index in [1.165, 1.54) is 6.42 Å². The number of para-hydroxylation sites is 1. The van der Waals surface area contributed by atoms with Gasteiger partial charge in [-0.25, -0.2) is 4.79 Å². The zero-order valence-electron chi connectivity index (χ0n) is 14.3. The third kappa shape index (κ3) is 6.20. The number of carbonyl (C=O) groups excluding carboxylic acids is 2. The van der Waals surface area contributed by atoms with Crippen LogP contribution in [-0.4, -0.2) is 31.1 Å². The maximum absolute atomic E-state index is 12.0. The summed E-state index contributed by atoms with van der Waals surface area (Å²) in [6, 6.07) is 7.45. The molecular weight excluding hydrogens is 306 g/mol. The van der Waals surface area contributed by atoms with Gasteiger partial charge < -0.3 is 20.7 Å². The first kappa shape index (κ1) is 18.3. The molecule has 0 saturated heterocycles. The zero-order chi connectivity index (χ0) is 17.2. The van der Waals surface area contributed by atoms with E-state index in [0.717, 1.165) is 31.2 Å². The predicted molar refractivity (Wildman–Crippen MR) is 93.8 cm³/mol. The van der Waals surface area contributed by atoms with Gasteiger partial charge in [0.2, 0.25) is 5.91 Å². The minimum atomic E-state index is -0.278. The molecule has 6 heteroatoms. The Bertz CT molecular complexity index is 542. The van der Waals surface area contributed by atoms with Crippen molar-refractivity contribution < 1.29 is 14.3 Å². The van der Waals surface area contributed by atoms with Crippen LogP contribution in [0, 0.1) is 0 Å². The Morgan fingerprint density at radius 1 is 1.17 bits per heavy atom. The lowest BCUT2D eigenvalue weighted by atomic mass is 9.96. The molecule has 0 unspecified atom stereocenters. The van der Waals surface area contributed by atoms with Crippen molar-refractivity contribution >= 4 is 17.6 Å². The van der Waals surface area contributed by atoms with Gasteiger partial charge in [0, 0.05) is 23.9 Å². The van der Waals surface area contributed by atoms with Crippen LogP contribution in [0.4, 0.5) is 10.5 Å². The van der Waals surface area contributed by atoms with Crippen LogP contribution >= 0.6 is 0 Å². The number of urea groups is 1. The lowest BCUT2D eigenvalue weighted by Gasteiger charge is -2.22. The Labute approximate surface area is 143 Å². The standard InChI is InChI=1S/C18H27N3O3/c1-2-24-13-14-8-6-7-11-16(14)21-17(22)12-19-18(23)20-15-9-4-3-5-10-15/h6-8,11,15H,2-5,9-10,12-13H2,1H3,(H,21,22)(H2,19,20,23). The van der Waals surface area contributed by atoms with E-state index in [1.807, 2.05) is 31.2 Å². The smallest absolute Gasteiger partial charge is 0.315 e. The van der Waals surface area contributed by atoms with E-state index in [9.17, 15) is 9.59 Å². The van der Waals surface area contributed by atoms with Gasteiger partial charge in [0.1, 0.15) is 0 Å². The molecule has 6 nitrogen and oxygen atoms in total. The fraction of sp³-hybridized carbons (Fsp3) is 0.556. The number of hydrogen-bond acceptors (Lipinski definition) is 3. The van der Waals surface area contributed by atoms with Crippen LogP contribution in [0.5, 0.6) is 0 Å². The Hall–Kier alpha value is -2.08. The highest BCUT2D eigenvalue weighted by atomic mass is 16.5. The van der Waals surface area contributed by atoms with Crippen LogP contribution in [0.2, 0.25) is 0 Å². The molecule has 24 heavy (non-hydrogen) atoms. The second-order valence-corrected chi connectivity index (χ2v) is 6.00. The van der Waals surface area contributed by atoms with Crippen LogP contribution < -0.4 is 16.0 Å². The van der Waals surface area contributed by atoms with Crippen molar-refractivity contribution in [2.45, 2.75) is 51.7 Å². The molecule has 0 heterocycles. The summed E-state index contributed by atoms with van der Waals surface area (Å²) >= 11 is 0. The fourth-order valence-electron chi connectivity index (χ4n) is 2.82. The second-order valence-electron chi connectivity index (χ2n) is 6.00. The van der Waals surface area contributed by atoms with Gasteiger partial charge >= 0.3 is 6.03 Å². The highest BCUT2D eigenvalue weighted by Gasteiger charge is 2.16. The van der Waals surface area contributed by atoms with Gasteiger partial charge in [-0.3, -0.25) is 4.79 Å². The SMILES string of the molecule is CCOCc1ccccc1NC(=O)CNC(=O)NC1CCCCC1. The topological polar surface area (TPSA) is 79.5 Å². The van der Waals surface area contributed by atoms with Crippen molar-refractivity contribution in [2.24, 2.45) is 0 Å². The summed E-state index contributed by atoms with van der Waals surface area (Å²) in [5, 5.41) is 8.36. The molecule has 1 saturated carbocycles. The Morgan fingerprint density at radius 2 is 1.92 bits per heavy atom. The maximum atomic E-state index is 12.0. The summed E-state index contributed by atoms with van der Waals surface area (Å²) in [4.78, 5) is 23.9. The van der Waals surface area contributed by atoms with Crippen LogP contribution in [0.25, 0.3) is 0 Å². The molecule has 0 bridgehead atoms. The Morgan fingerprint density at radius 3 is 2.67 bits per heavy atom.